The predicted octanol–water partition coefficient (Wildman–Crippen LogP) is 6.68. The van der Waals surface area contributed by atoms with E-state index in [0.717, 1.165) is 44.5 Å². The van der Waals surface area contributed by atoms with E-state index >= 15 is 0 Å². The summed E-state index contributed by atoms with van der Waals surface area (Å²) in [7, 11) is 1.98. The Labute approximate surface area is 228 Å². The number of alkyl halides is 3. The number of benzene rings is 1. The smallest absolute Gasteiger partial charge is 0.391 e. The first-order valence-corrected chi connectivity index (χ1v) is 14.1. The Morgan fingerprint density at radius 2 is 1.67 bits per heavy atom. The Kier molecular flexibility index (Phi) is 8.49. The van der Waals surface area contributed by atoms with Gasteiger partial charge in [0.15, 0.2) is 0 Å². The van der Waals surface area contributed by atoms with Gasteiger partial charge in [-0.3, -0.25) is 4.90 Å². The molecule has 3 fully saturated rings. The number of hydrogen-bond acceptors (Lipinski definition) is 5. The lowest BCUT2D eigenvalue weighted by molar-refractivity contribution is -0.186. The van der Waals surface area contributed by atoms with Gasteiger partial charge in [0.25, 0.3) is 0 Å². The highest BCUT2D eigenvalue weighted by molar-refractivity contribution is 5.99. The van der Waals surface area contributed by atoms with Crippen molar-refractivity contribution in [3.63, 3.8) is 0 Å². The van der Waals surface area contributed by atoms with Crippen LogP contribution in [0.3, 0.4) is 0 Å². The fourth-order valence-electron chi connectivity index (χ4n) is 6.19. The molecule has 2 saturated carbocycles. The summed E-state index contributed by atoms with van der Waals surface area (Å²) < 4.78 is 45.7. The molecule has 2 amide bonds. The van der Waals surface area contributed by atoms with E-state index < -0.39 is 12.1 Å². The average molecular weight is 546 g/mol. The molecule has 2 N–H and O–H groups in total. The Morgan fingerprint density at radius 1 is 0.949 bits per heavy atom. The number of amides is 2. The fourth-order valence-corrected chi connectivity index (χ4v) is 6.19. The number of aromatic nitrogens is 1. The molecule has 1 aliphatic heterocycles. The highest BCUT2D eigenvalue weighted by Gasteiger charge is 2.44. The first-order chi connectivity index (χ1) is 18.7. The lowest BCUT2D eigenvalue weighted by Gasteiger charge is -2.39. The number of anilines is 3. The van der Waals surface area contributed by atoms with E-state index in [0.29, 0.717) is 23.7 Å². The van der Waals surface area contributed by atoms with E-state index in [2.05, 4.69) is 25.4 Å². The number of hydrogen-bond donors (Lipinski definition) is 2. The number of pyridine rings is 1. The van der Waals surface area contributed by atoms with Crippen LogP contribution in [0, 0.1) is 5.92 Å². The quantitative estimate of drug-likeness (QED) is 0.406. The number of halogens is 3. The third kappa shape index (κ3) is 7.15. The minimum Gasteiger partial charge on any atom is -0.474 e. The lowest BCUT2D eigenvalue weighted by atomic mass is 9.84. The molecule has 3 unspecified atom stereocenters. The van der Waals surface area contributed by atoms with Crippen LogP contribution in [0.5, 0.6) is 5.88 Å². The molecule has 39 heavy (non-hydrogen) atoms. The van der Waals surface area contributed by atoms with Crippen molar-refractivity contribution in [1.82, 2.24) is 9.88 Å². The van der Waals surface area contributed by atoms with E-state index in [1.807, 2.05) is 31.3 Å². The molecule has 0 bridgehead atoms. The van der Waals surface area contributed by atoms with Crippen LogP contribution in [-0.4, -0.2) is 60.4 Å². The molecule has 7 nitrogen and oxygen atoms in total. The van der Waals surface area contributed by atoms with Gasteiger partial charge in [0, 0.05) is 42.6 Å². The van der Waals surface area contributed by atoms with E-state index in [9.17, 15) is 18.0 Å². The number of likely N-dealkylation sites (N-methyl/N-ethyl adjacent to an activating group) is 1. The van der Waals surface area contributed by atoms with Gasteiger partial charge in [0.1, 0.15) is 6.10 Å². The van der Waals surface area contributed by atoms with Gasteiger partial charge in [0.2, 0.25) is 5.88 Å². The van der Waals surface area contributed by atoms with E-state index in [-0.39, 0.29) is 37.1 Å². The van der Waals surface area contributed by atoms with Crippen LogP contribution in [-0.2, 0) is 0 Å². The Hall–Kier alpha value is -3.01. The van der Waals surface area contributed by atoms with Crippen LogP contribution in [0.1, 0.15) is 57.8 Å². The van der Waals surface area contributed by atoms with E-state index in [4.69, 9.17) is 4.74 Å². The number of carbonyl (C=O) groups excluding carboxylic acids is 1. The Balaban J connectivity index is 1.08. The summed E-state index contributed by atoms with van der Waals surface area (Å²) >= 11 is 0. The van der Waals surface area contributed by atoms with Crippen molar-refractivity contribution < 1.29 is 22.7 Å². The molecule has 1 saturated heterocycles. The number of nitrogens with zero attached hydrogens (tertiary/aromatic N) is 3. The monoisotopic (exact) mass is 545 g/mol. The minimum absolute atomic E-state index is 0.0216. The lowest BCUT2D eigenvalue weighted by Crippen LogP contribution is -2.45. The Morgan fingerprint density at radius 3 is 2.36 bits per heavy atom. The normalized spacial score (nSPS) is 24.2. The molecular formula is C29H38F3N5O2. The van der Waals surface area contributed by atoms with Gasteiger partial charge in [-0.15, -0.1) is 0 Å². The predicted molar refractivity (Wildman–Crippen MR) is 146 cm³/mol. The summed E-state index contributed by atoms with van der Waals surface area (Å²) in [6.07, 6.45) is 5.06. The highest BCUT2D eigenvalue weighted by atomic mass is 19.4. The number of urea groups is 1. The second-order valence-corrected chi connectivity index (χ2v) is 11.1. The molecular weight excluding hydrogens is 507 g/mol. The SMILES string of the molecule is CN(C1CCCC(C(F)(F)F)C1)C1CCN(c2ccc(NC(=O)Nc3ccc(OC4CCCC4)nc3)cc2)C1. The minimum atomic E-state index is -4.10. The maximum atomic E-state index is 13.3. The van der Waals surface area contributed by atoms with Crippen LogP contribution in [0.15, 0.2) is 42.6 Å². The number of nitrogens with one attached hydrogen (secondary N) is 2. The van der Waals surface area contributed by atoms with Gasteiger partial charge >= 0.3 is 12.2 Å². The topological polar surface area (TPSA) is 69.7 Å². The van der Waals surface area contributed by atoms with Crippen molar-refractivity contribution in [2.45, 2.75) is 82.2 Å². The first kappa shape index (κ1) is 27.6. The summed E-state index contributed by atoms with van der Waals surface area (Å²) in [5.41, 5.74) is 2.28. The van der Waals surface area contributed by atoms with Crippen LogP contribution in [0.25, 0.3) is 0 Å². The summed E-state index contributed by atoms with van der Waals surface area (Å²) in [5, 5.41) is 5.63. The highest BCUT2D eigenvalue weighted by Crippen LogP contribution is 2.39. The van der Waals surface area contributed by atoms with Gasteiger partial charge in [-0.2, -0.15) is 13.2 Å². The van der Waals surface area contributed by atoms with Crippen LogP contribution < -0.4 is 20.3 Å². The number of ether oxygens (including phenoxy) is 1. The van der Waals surface area contributed by atoms with Crippen molar-refractivity contribution in [2.24, 2.45) is 5.92 Å². The van der Waals surface area contributed by atoms with Crippen LogP contribution in [0.2, 0.25) is 0 Å². The molecule has 1 aromatic heterocycles. The molecule has 1 aromatic carbocycles. The van der Waals surface area contributed by atoms with Gasteiger partial charge in [-0.05, 0) is 88.7 Å². The van der Waals surface area contributed by atoms with Gasteiger partial charge in [-0.25, -0.2) is 9.78 Å². The number of carbonyl (C=O) groups is 1. The van der Waals surface area contributed by atoms with Crippen LogP contribution >= 0.6 is 0 Å². The zero-order valence-corrected chi connectivity index (χ0v) is 22.4. The molecule has 3 aliphatic rings. The van der Waals surface area contributed by atoms with Crippen molar-refractivity contribution >= 4 is 23.1 Å². The zero-order valence-electron chi connectivity index (χ0n) is 22.4. The van der Waals surface area contributed by atoms with Crippen molar-refractivity contribution in [1.29, 1.82) is 0 Å². The second-order valence-electron chi connectivity index (χ2n) is 11.1. The maximum Gasteiger partial charge on any atom is 0.391 e. The van der Waals surface area contributed by atoms with Gasteiger partial charge in [-0.1, -0.05) is 6.42 Å². The largest absolute Gasteiger partial charge is 0.474 e. The standard InChI is InChI=1S/C29H38F3N5O2/c1-36(24-6-4-5-20(17-24)29(30,31)32)25-15-16-37(19-25)23-12-9-21(10-13-23)34-28(38)35-22-11-14-27(33-18-22)39-26-7-2-3-8-26/h9-14,18,20,24-26H,2-8,15-17,19H2,1H3,(H2,34,35,38). The van der Waals surface area contributed by atoms with E-state index in [1.165, 1.54) is 12.8 Å². The molecule has 2 heterocycles. The molecule has 2 aromatic rings. The average Bonchev–Trinajstić information content (AvgIpc) is 3.62. The molecule has 3 atom stereocenters. The van der Waals surface area contributed by atoms with E-state index in [1.54, 1.807) is 18.3 Å². The summed E-state index contributed by atoms with van der Waals surface area (Å²) in [6, 6.07) is 11.0. The van der Waals surface area contributed by atoms with Gasteiger partial charge < -0.3 is 20.3 Å². The Bertz CT molecular complexity index is 1090. The number of rotatable bonds is 7. The molecule has 2 aliphatic carbocycles. The molecule has 0 radical (unpaired) electrons. The van der Waals surface area contributed by atoms with Gasteiger partial charge in [0.05, 0.1) is 17.8 Å². The molecule has 0 spiro atoms. The zero-order chi connectivity index (χ0) is 27.4. The van der Waals surface area contributed by atoms with Crippen molar-refractivity contribution in [3.05, 3.63) is 42.6 Å². The van der Waals surface area contributed by atoms with Crippen LogP contribution in [0.4, 0.5) is 35.0 Å². The molecule has 10 heteroatoms. The molecule has 212 valence electrons. The third-order valence-corrected chi connectivity index (χ3v) is 8.50. The molecule has 5 rings (SSSR count). The second kappa shape index (κ2) is 12.0. The van der Waals surface area contributed by atoms with Crippen molar-refractivity contribution in [2.75, 3.05) is 35.7 Å². The summed E-state index contributed by atoms with van der Waals surface area (Å²) in [5.74, 6) is -0.609. The van der Waals surface area contributed by atoms with Crippen molar-refractivity contribution in [3.8, 4) is 5.88 Å². The maximum absolute atomic E-state index is 13.3. The summed E-state index contributed by atoms with van der Waals surface area (Å²) in [4.78, 5) is 21.2. The fraction of sp³-hybridized carbons (Fsp3) is 0.586. The summed E-state index contributed by atoms with van der Waals surface area (Å²) in [6.45, 7) is 1.63. The third-order valence-electron chi connectivity index (χ3n) is 8.50. The first-order valence-electron chi connectivity index (χ1n) is 14.1.